The lowest BCUT2D eigenvalue weighted by Gasteiger charge is -2.14. The second-order valence-electron chi connectivity index (χ2n) is 9.91. The molecular weight excluding hydrogens is 512 g/mol. The van der Waals surface area contributed by atoms with E-state index in [9.17, 15) is 19.5 Å². The van der Waals surface area contributed by atoms with Crippen LogP contribution < -0.4 is 10.6 Å². The van der Waals surface area contributed by atoms with Crippen LogP contribution in [0.3, 0.4) is 0 Å². The number of hydrogen-bond donors (Lipinski definition) is 3. The Morgan fingerprint density at radius 1 is 0.732 bits per heavy atom. The first-order chi connectivity index (χ1) is 20.0. The number of unbranched alkanes of at least 4 members (excludes halogenated alkanes) is 4. The predicted molar refractivity (Wildman–Crippen MR) is 170 cm³/mol. The quantitative estimate of drug-likeness (QED) is 0.0934. The molecule has 0 spiro atoms. The summed E-state index contributed by atoms with van der Waals surface area (Å²) in [6.07, 6.45) is 33.2. The van der Waals surface area contributed by atoms with Crippen LogP contribution in [0.15, 0.2) is 91.1 Å². The van der Waals surface area contributed by atoms with Crippen molar-refractivity contribution in [1.82, 2.24) is 10.6 Å². The van der Waals surface area contributed by atoms with Gasteiger partial charge in [0, 0.05) is 18.5 Å². The highest BCUT2D eigenvalue weighted by molar-refractivity contribution is 5.96. The largest absolute Gasteiger partial charge is 0.480 e. The molecule has 1 aromatic carbocycles. The zero-order valence-corrected chi connectivity index (χ0v) is 24.8. The predicted octanol–water partition coefficient (Wildman–Crippen LogP) is 7.86. The van der Waals surface area contributed by atoms with Crippen LogP contribution in [0.1, 0.15) is 101 Å². The van der Waals surface area contributed by atoms with Crippen molar-refractivity contribution in [2.24, 2.45) is 0 Å². The molecule has 0 saturated heterocycles. The molecule has 1 rings (SSSR count). The van der Waals surface area contributed by atoms with E-state index in [2.05, 4.69) is 72.2 Å². The number of rotatable bonds is 23. The molecule has 0 aliphatic rings. The Balaban J connectivity index is 2.03. The first kappa shape index (κ1) is 35.4. The van der Waals surface area contributed by atoms with Crippen molar-refractivity contribution in [2.45, 2.75) is 96.4 Å². The standard InChI is InChI=1S/C35H50N2O4/c1-2-3-4-5-6-7-8-9-10-11-12-13-14-15-16-17-18-19-23-29-33(38)36-30-25-24-28-32(35(40)41)37-34(39)31-26-21-20-22-27-31/h6-7,9-10,12-13,15-16,18-22,26-27,32H,2-5,8,11,14,17,23-25,28-30H2,1H3,(H,36,38)(H,37,39)(H,40,41). The molecule has 2 amide bonds. The van der Waals surface area contributed by atoms with Crippen molar-refractivity contribution in [2.75, 3.05) is 6.54 Å². The highest BCUT2D eigenvalue weighted by atomic mass is 16.4. The van der Waals surface area contributed by atoms with Crippen molar-refractivity contribution in [3.63, 3.8) is 0 Å². The first-order valence-corrected chi connectivity index (χ1v) is 15.1. The second kappa shape index (κ2) is 25.3. The van der Waals surface area contributed by atoms with E-state index in [-0.39, 0.29) is 5.91 Å². The molecule has 41 heavy (non-hydrogen) atoms. The summed E-state index contributed by atoms with van der Waals surface area (Å²) in [5.41, 5.74) is 0.430. The number of amides is 2. The number of carboxylic acids is 1. The molecule has 0 aliphatic heterocycles. The van der Waals surface area contributed by atoms with Gasteiger partial charge in [-0.25, -0.2) is 4.79 Å². The van der Waals surface area contributed by atoms with E-state index < -0.39 is 17.9 Å². The topological polar surface area (TPSA) is 95.5 Å². The molecule has 0 bridgehead atoms. The van der Waals surface area contributed by atoms with E-state index in [0.29, 0.717) is 44.2 Å². The van der Waals surface area contributed by atoms with Gasteiger partial charge in [0.2, 0.25) is 5.91 Å². The highest BCUT2D eigenvalue weighted by Gasteiger charge is 2.20. The van der Waals surface area contributed by atoms with Gasteiger partial charge >= 0.3 is 5.97 Å². The Morgan fingerprint density at radius 2 is 1.29 bits per heavy atom. The molecule has 0 aliphatic carbocycles. The van der Waals surface area contributed by atoms with E-state index in [0.717, 1.165) is 25.7 Å². The molecule has 0 heterocycles. The van der Waals surface area contributed by atoms with Crippen LogP contribution in [0, 0.1) is 0 Å². The van der Waals surface area contributed by atoms with Crippen LogP contribution in [0.25, 0.3) is 0 Å². The molecular formula is C35H50N2O4. The fourth-order valence-electron chi connectivity index (χ4n) is 3.92. The first-order valence-electron chi connectivity index (χ1n) is 15.1. The maximum absolute atomic E-state index is 12.2. The smallest absolute Gasteiger partial charge is 0.326 e. The fourth-order valence-corrected chi connectivity index (χ4v) is 3.92. The van der Waals surface area contributed by atoms with E-state index in [4.69, 9.17) is 0 Å². The molecule has 6 heteroatoms. The summed E-state index contributed by atoms with van der Waals surface area (Å²) in [5.74, 6) is -1.47. The van der Waals surface area contributed by atoms with Crippen LogP contribution in [-0.2, 0) is 9.59 Å². The van der Waals surface area contributed by atoms with Crippen LogP contribution in [0.4, 0.5) is 0 Å². The van der Waals surface area contributed by atoms with Gasteiger partial charge in [0.1, 0.15) is 6.04 Å². The Hall–Kier alpha value is -3.67. The van der Waals surface area contributed by atoms with Crippen molar-refractivity contribution in [1.29, 1.82) is 0 Å². The number of hydrogen-bond acceptors (Lipinski definition) is 3. The third-order valence-electron chi connectivity index (χ3n) is 6.32. The van der Waals surface area contributed by atoms with Gasteiger partial charge in [0.05, 0.1) is 0 Å². The summed E-state index contributed by atoms with van der Waals surface area (Å²) in [6.45, 7) is 2.72. The highest BCUT2D eigenvalue weighted by Crippen LogP contribution is 2.05. The second-order valence-corrected chi connectivity index (χ2v) is 9.91. The Bertz CT molecular complexity index is 993. The number of benzene rings is 1. The molecule has 0 aromatic heterocycles. The molecule has 0 radical (unpaired) electrons. The number of allylic oxidation sites excluding steroid dienone is 10. The average molecular weight is 563 g/mol. The van der Waals surface area contributed by atoms with Crippen LogP contribution in [0.5, 0.6) is 0 Å². The van der Waals surface area contributed by atoms with E-state index in [1.807, 2.05) is 6.08 Å². The van der Waals surface area contributed by atoms with E-state index >= 15 is 0 Å². The van der Waals surface area contributed by atoms with Gasteiger partial charge in [0.15, 0.2) is 0 Å². The van der Waals surface area contributed by atoms with Gasteiger partial charge in [-0.3, -0.25) is 9.59 Å². The number of carbonyl (C=O) groups excluding carboxylic acids is 2. The summed E-state index contributed by atoms with van der Waals surface area (Å²) in [7, 11) is 0. The lowest BCUT2D eigenvalue weighted by Crippen LogP contribution is -2.40. The fraction of sp³-hybridized carbons (Fsp3) is 0.457. The average Bonchev–Trinajstić information content (AvgIpc) is 2.97. The summed E-state index contributed by atoms with van der Waals surface area (Å²) in [5, 5.41) is 14.8. The van der Waals surface area contributed by atoms with Gasteiger partial charge in [0.25, 0.3) is 5.91 Å². The Morgan fingerprint density at radius 3 is 1.85 bits per heavy atom. The van der Waals surface area contributed by atoms with E-state index in [1.54, 1.807) is 30.3 Å². The summed E-state index contributed by atoms with van der Waals surface area (Å²) >= 11 is 0. The SMILES string of the molecule is CCCCCC=CCC=CCC=CCC=CCC=CCCC(=O)NCCCCC(NC(=O)c1ccccc1)C(=O)O. The molecule has 0 fully saturated rings. The zero-order valence-electron chi connectivity index (χ0n) is 24.8. The molecule has 6 nitrogen and oxygen atoms in total. The summed E-state index contributed by atoms with van der Waals surface area (Å²) in [6, 6.07) is 7.60. The molecule has 224 valence electrons. The Kier molecular flexibility index (Phi) is 21.8. The minimum atomic E-state index is -1.06. The number of aliphatic carboxylic acids is 1. The van der Waals surface area contributed by atoms with Gasteiger partial charge in [-0.05, 0) is 76.3 Å². The van der Waals surface area contributed by atoms with Gasteiger partial charge in [-0.1, -0.05) is 98.7 Å². The minimum absolute atomic E-state index is 0.0143. The maximum Gasteiger partial charge on any atom is 0.326 e. The van der Waals surface area contributed by atoms with Gasteiger partial charge in [-0.2, -0.15) is 0 Å². The van der Waals surface area contributed by atoms with Gasteiger partial charge in [-0.15, -0.1) is 0 Å². The number of carbonyl (C=O) groups is 3. The monoisotopic (exact) mass is 562 g/mol. The lowest BCUT2D eigenvalue weighted by molar-refractivity contribution is -0.139. The van der Waals surface area contributed by atoms with Crippen molar-refractivity contribution >= 4 is 17.8 Å². The van der Waals surface area contributed by atoms with E-state index in [1.165, 1.54) is 25.7 Å². The molecule has 1 unspecified atom stereocenters. The Labute approximate surface area is 247 Å². The minimum Gasteiger partial charge on any atom is -0.480 e. The molecule has 1 aromatic rings. The number of nitrogens with one attached hydrogen (secondary N) is 2. The maximum atomic E-state index is 12.2. The van der Waals surface area contributed by atoms with Crippen molar-refractivity contribution < 1.29 is 19.5 Å². The zero-order chi connectivity index (χ0) is 29.8. The van der Waals surface area contributed by atoms with Crippen molar-refractivity contribution in [3.8, 4) is 0 Å². The van der Waals surface area contributed by atoms with Crippen molar-refractivity contribution in [3.05, 3.63) is 96.7 Å². The summed E-state index contributed by atoms with van der Waals surface area (Å²) < 4.78 is 0. The normalized spacial score (nSPS) is 12.7. The third-order valence-corrected chi connectivity index (χ3v) is 6.32. The van der Waals surface area contributed by atoms with Gasteiger partial charge < -0.3 is 15.7 Å². The third kappa shape index (κ3) is 20.8. The molecule has 3 N–H and O–H groups in total. The van der Waals surface area contributed by atoms with Crippen LogP contribution in [-0.4, -0.2) is 35.5 Å². The lowest BCUT2D eigenvalue weighted by atomic mass is 10.1. The molecule has 0 saturated carbocycles. The van der Waals surface area contributed by atoms with Crippen LogP contribution >= 0.6 is 0 Å². The molecule has 1 atom stereocenters. The summed E-state index contributed by atoms with van der Waals surface area (Å²) in [4.78, 5) is 35.7. The number of carboxylic acid groups (broad SMARTS) is 1. The van der Waals surface area contributed by atoms with Crippen LogP contribution in [0.2, 0.25) is 0 Å².